The van der Waals surface area contributed by atoms with Crippen LogP contribution in [0.3, 0.4) is 0 Å². The van der Waals surface area contributed by atoms with Gasteiger partial charge in [0.2, 0.25) is 0 Å². The molecule has 2 aliphatic rings. The number of amides is 1. The summed E-state index contributed by atoms with van der Waals surface area (Å²) in [5.74, 6) is -0.660. The van der Waals surface area contributed by atoms with E-state index in [1.165, 1.54) is 38.2 Å². The lowest BCUT2D eigenvalue weighted by atomic mass is 10.00. The number of rotatable bonds is 11. The highest BCUT2D eigenvalue weighted by Gasteiger charge is 2.25. The molecule has 0 saturated heterocycles. The number of hydrogen-bond acceptors (Lipinski definition) is 8. The molecule has 1 saturated carbocycles. The van der Waals surface area contributed by atoms with Crippen LogP contribution in [0.15, 0.2) is 95.6 Å². The van der Waals surface area contributed by atoms with Crippen LogP contribution in [-0.4, -0.2) is 57.7 Å². The van der Waals surface area contributed by atoms with Gasteiger partial charge in [-0.2, -0.15) is 8.42 Å². The number of ether oxygens (including phenoxy) is 3. The van der Waals surface area contributed by atoms with Crippen LogP contribution in [0.25, 0.3) is 0 Å². The van der Waals surface area contributed by atoms with E-state index < -0.39 is 34.2 Å². The van der Waals surface area contributed by atoms with Crippen molar-refractivity contribution in [3.8, 4) is 11.5 Å². The zero-order valence-electron chi connectivity index (χ0n) is 29.8. The van der Waals surface area contributed by atoms with Gasteiger partial charge in [-0.15, -0.1) is 0 Å². The zero-order valence-corrected chi connectivity index (χ0v) is 30.6. The second-order valence-corrected chi connectivity index (χ2v) is 14.2. The van der Waals surface area contributed by atoms with Crippen LogP contribution < -0.4 is 9.47 Å². The first kappa shape index (κ1) is 40.4. The topological polar surface area (TPSA) is 118 Å². The predicted molar refractivity (Wildman–Crippen MR) is 199 cm³/mol. The van der Waals surface area contributed by atoms with Crippen molar-refractivity contribution in [1.29, 1.82) is 0 Å². The van der Waals surface area contributed by atoms with Crippen molar-refractivity contribution in [2.75, 3.05) is 19.5 Å². The highest BCUT2D eigenvalue weighted by atomic mass is 32.2. The van der Waals surface area contributed by atoms with Crippen molar-refractivity contribution in [2.24, 2.45) is 4.99 Å². The first-order valence-corrected chi connectivity index (χ1v) is 19.5. The third-order valence-electron chi connectivity index (χ3n) is 8.16. The Morgan fingerprint density at radius 1 is 0.860 bits per heavy atom. The minimum Gasteiger partial charge on any atom is -0.481 e. The molecule has 0 bridgehead atoms. The number of aliphatic imine (C=N–C) groups is 1. The van der Waals surface area contributed by atoms with Gasteiger partial charge in [0.05, 0.1) is 19.5 Å². The predicted octanol–water partition coefficient (Wildman–Crippen LogP) is 8.74. The molecule has 1 aromatic rings. The van der Waals surface area contributed by atoms with Crippen molar-refractivity contribution in [2.45, 2.75) is 103 Å². The normalized spacial score (nSPS) is 21.7. The van der Waals surface area contributed by atoms with E-state index in [9.17, 15) is 18.0 Å². The Kier molecular flexibility index (Phi) is 17.7. The molecule has 0 aromatic heterocycles. The number of carbonyl (C=O) groups is 2. The summed E-state index contributed by atoms with van der Waals surface area (Å²) < 4.78 is 45.9. The zero-order chi connectivity index (χ0) is 36.2. The maximum atomic E-state index is 13.8. The van der Waals surface area contributed by atoms with Crippen LogP contribution in [-0.2, 0) is 23.8 Å². The van der Waals surface area contributed by atoms with E-state index in [0.717, 1.165) is 56.1 Å². The summed E-state index contributed by atoms with van der Waals surface area (Å²) >= 11 is 0. The van der Waals surface area contributed by atoms with Gasteiger partial charge in [-0.25, -0.2) is 9.79 Å². The first-order chi connectivity index (χ1) is 24.1. The summed E-state index contributed by atoms with van der Waals surface area (Å²) in [5, 5.41) is 0. The number of nitrogens with zero attached hydrogens (tertiary/aromatic N) is 1. The number of hydrogen-bond donors (Lipinski definition) is 0. The molecule has 2 atom stereocenters. The van der Waals surface area contributed by atoms with E-state index in [4.69, 9.17) is 18.4 Å². The fourth-order valence-electron chi connectivity index (χ4n) is 5.58. The number of carbonyl (C=O) groups excluding carboxylic acids is 2. The third-order valence-corrected chi connectivity index (χ3v) is 8.76. The molecular weight excluding hydrogens is 655 g/mol. The molecular formula is C40H53NO8S. The van der Waals surface area contributed by atoms with Gasteiger partial charge in [-0.05, 0) is 62.8 Å². The SMILES string of the molecule is C=C1C=C\C=C/C=C/C=C\C=C(\C)C1Oc1cc(OC(CCOS(C)(=O)=O)C(=O)OCC)cc(C(=O)N=C2CCCCCCCCCCC2)c1. The van der Waals surface area contributed by atoms with E-state index in [0.29, 0.717) is 11.3 Å². The van der Waals surface area contributed by atoms with Gasteiger partial charge in [-0.1, -0.05) is 106 Å². The van der Waals surface area contributed by atoms with Gasteiger partial charge in [0.15, 0.2) is 6.10 Å². The molecule has 0 aliphatic heterocycles. The van der Waals surface area contributed by atoms with Crippen LogP contribution >= 0.6 is 0 Å². The minimum absolute atomic E-state index is 0.0956. The van der Waals surface area contributed by atoms with Gasteiger partial charge in [0, 0.05) is 23.8 Å². The fourth-order valence-corrected chi connectivity index (χ4v) is 5.98. The number of esters is 1. The second-order valence-electron chi connectivity index (χ2n) is 12.5. The van der Waals surface area contributed by atoms with E-state index in [2.05, 4.69) is 11.6 Å². The Balaban J connectivity index is 2.02. The van der Waals surface area contributed by atoms with Crippen LogP contribution in [0.2, 0.25) is 0 Å². The highest BCUT2D eigenvalue weighted by molar-refractivity contribution is 7.85. The Labute approximate surface area is 298 Å². The van der Waals surface area contributed by atoms with Crippen LogP contribution in [0.5, 0.6) is 11.5 Å². The lowest BCUT2D eigenvalue weighted by Gasteiger charge is -2.23. The van der Waals surface area contributed by atoms with Crippen molar-refractivity contribution >= 4 is 27.7 Å². The smallest absolute Gasteiger partial charge is 0.347 e. The lowest BCUT2D eigenvalue weighted by molar-refractivity contribution is -0.152. The third kappa shape index (κ3) is 15.7. The standard InChI is InChI=1S/C40H53NO8S/c1-5-46-40(43)37(26-27-47-50(4,44)45)48-35-28-33(39(42)41-34-24-20-16-12-7-6-8-13-17-21-25-34)29-36(30-35)49-38-31(2)22-18-14-10-9-11-15-19-23-32(38)3/h9-11,14-15,18-19,22-23,28-30,37-38H,2,5-8,12-13,16-17,20-21,24-27H2,1,3-4H3/b11-9+,14-10-,19-15-,22-18?,32-23-. The Morgan fingerprint density at radius 3 is 2.06 bits per heavy atom. The van der Waals surface area contributed by atoms with Crippen molar-refractivity contribution in [3.63, 3.8) is 0 Å². The molecule has 1 amide bonds. The van der Waals surface area contributed by atoms with Crippen molar-refractivity contribution in [1.82, 2.24) is 0 Å². The van der Waals surface area contributed by atoms with Gasteiger partial charge in [0.1, 0.15) is 17.6 Å². The number of benzene rings is 1. The number of allylic oxidation sites excluding steroid dienone is 8. The Hall–Kier alpha value is -4.02. The lowest BCUT2D eigenvalue weighted by Crippen LogP contribution is -2.31. The Morgan fingerprint density at radius 2 is 1.44 bits per heavy atom. The molecule has 272 valence electrons. The fraction of sp³-hybridized carbons (Fsp3) is 0.475. The first-order valence-electron chi connectivity index (χ1n) is 17.7. The van der Waals surface area contributed by atoms with Gasteiger partial charge < -0.3 is 14.2 Å². The summed E-state index contributed by atoms with van der Waals surface area (Å²) in [6.45, 7) is 7.63. The van der Waals surface area contributed by atoms with Gasteiger partial charge in [0.25, 0.3) is 16.0 Å². The monoisotopic (exact) mass is 707 g/mol. The molecule has 0 N–H and O–H groups in total. The maximum Gasteiger partial charge on any atom is 0.347 e. The van der Waals surface area contributed by atoms with E-state index in [1.807, 2.05) is 61.6 Å². The van der Waals surface area contributed by atoms with Gasteiger partial charge in [-0.3, -0.25) is 8.98 Å². The molecule has 3 rings (SSSR count). The molecule has 2 unspecified atom stereocenters. The average molecular weight is 708 g/mol. The largest absolute Gasteiger partial charge is 0.481 e. The molecule has 2 aliphatic carbocycles. The second kappa shape index (κ2) is 21.9. The van der Waals surface area contributed by atoms with E-state index in [-0.39, 0.29) is 30.9 Å². The molecule has 10 heteroatoms. The van der Waals surface area contributed by atoms with Crippen LogP contribution in [0.1, 0.15) is 101 Å². The van der Waals surface area contributed by atoms with E-state index >= 15 is 0 Å². The highest BCUT2D eigenvalue weighted by Crippen LogP contribution is 2.29. The molecule has 1 aromatic carbocycles. The van der Waals surface area contributed by atoms with Crippen LogP contribution in [0.4, 0.5) is 0 Å². The molecule has 1 fully saturated rings. The molecule has 0 heterocycles. The van der Waals surface area contributed by atoms with Crippen molar-refractivity contribution in [3.05, 3.63) is 96.2 Å². The molecule has 0 spiro atoms. The summed E-state index contributed by atoms with van der Waals surface area (Å²) in [4.78, 5) is 31.3. The average Bonchev–Trinajstić information content (AvgIpc) is 3.06. The molecule has 0 radical (unpaired) electrons. The van der Waals surface area contributed by atoms with Gasteiger partial charge >= 0.3 is 5.97 Å². The summed E-state index contributed by atoms with van der Waals surface area (Å²) in [6, 6.07) is 4.73. The molecule has 9 nitrogen and oxygen atoms in total. The summed E-state index contributed by atoms with van der Waals surface area (Å²) in [5.41, 5.74) is 2.66. The minimum atomic E-state index is -3.74. The Bertz CT molecular complexity index is 1570. The summed E-state index contributed by atoms with van der Waals surface area (Å²) in [6.07, 6.45) is 28.1. The van der Waals surface area contributed by atoms with E-state index in [1.54, 1.807) is 19.1 Å². The van der Waals surface area contributed by atoms with Crippen LogP contribution in [0, 0.1) is 0 Å². The summed E-state index contributed by atoms with van der Waals surface area (Å²) in [7, 11) is -3.74. The molecule has 50 heavy (non-hydrogen) atoms. The maximum absolute atomic E-state index is 13.8. The quantitative estimate of drug-likeness (QED) is 0.166. The van der Waals surface area contributed by atoms with Crippen molar-refractivity contribution < 1.29 is 36.4 Å².